The Bertz CT molecular complexity index is 367. The predicted molar refractivity (Wildman–Crippen MR) is 66.7 cm³/mol. The summed E-state index contributed by atoms with van der Waals surface area (Å²) < 4.78 is 18.4. The summed E-state index contributed by atoms with van der Waals surface area (Å²) in [6.07, 6.45) is 4.66. The quantitative estimate of drug-likeness (QED) is 0.765. The fourth-order valence-corrected chi connectivity index (χ4v) is 3.16. The molecule has 1 aliphatic rings. The Morgan fingerprint density at radius 3 is 2.81 bits per heavy atom. The summed E-state index contributed by atoms with van der Waals surface area (Å²) in [5.41, 5.74) is 1.07. The van der Waals surface area contributed by atoms with Gasteiger partial charge in [-0.25, -0.2) is 4.39 Å². The summed E-state index contributed by atoms with van der Waals surface area (Å²) in [4.78, 5) is 0.653. The third-order valence-electron chi connectivity index (χ3n) is 3.22. The summed E-state index contributed by atoms with van der Waals surface area (Å²) in [5.74, 6) is 0.763. The van der Waals surface area contributed by atoms with Crippen LogP contribution >= 0.6 is 15.9 Å². The molecule has 0 aliphatic heterocycles. The minimum Gasteiger partial charge on any atom is -0.494 e. The first-order valence-electron chi connectivity index (χ1n) is 5.65. The molecule has 1 aliphatic carbocycles. The van der Waals surface area contributed by atoms with Gasteiger partial charge in [-0.15, -0.1) is 0 Å². The summed E-state index contributed by atoms with van der Waals surface area (Å²) >= 11 is 3.64. The van der Waals surface area contributed by atoms with Crippen molar-refractivity contribution in [2.75, 3.05) is 7.11 Å². The maximum Gasteiger partial charge on any atom is 0.165 e. The van der Waals surface area contributed by atoms with Crippen LogP contribution in [0, 0.1) is 11.7 Å². The first-order valence-corrected chi connectivity index (χ1v) is 6.57. The highest BCUT2D eigenvalue weighted by atomic mass is 79.9. The topological polar surface area (TPSA) is 9.23 Å². The average Bonchev–Trinajstić information content (AvgIpc) is 2.64. The number of benzene rings is 1. The zero-order valence-electron chi connectivity index (χ0n) is 9.38. The van der Waals surface area contributed by atoms with E-state index in [0.717, 1.165) is 12.0 Å². The summed E-state index contributed by atoms with van der Waals surface area (Å²) in [6.45, 7) is 0. The van der Waals surface area contributed by atoms with Crippen LogP contribution in [0.4, 0.5) is 4.39 Å². The molecule has 3 heteroatoms. The number of hydrogen-bond acceptors (Lipinski definition) is 1. The molecule has 0 aromatic heterocycles. The van der Waals surface area contributed by atoms with E-state index in [1.807, 2.05) is 6.07 Å². The summed E-state index contributed by atoms with van der Waals surface area (Å²) in [6, 6.07) is 5.27. The van der Waals surface area contributed by atoms with E-state index in [2.05, 4.69) is 15.9 Å². The minimum atomic E-state index is -0.256. The van der Waals surface area contributed by atoms with Gasteiger partial charge in [-0.05, 0) is 49.3 Å². The third-order valence-corrected chi connectivity index (χ3v) is 4.05. The lowest BCUT2D eigenvalue weighted by Gasteiger charge is -2.10. The minimum absolute atomic E-state index is 0.256. The van der Waals surface area contributed by atoms with Crippen LogP contribution in [-0.4, -0.2) is 11.9 Å². The summed E-state index contributed by atoms with van der Waals surface area (Å²) in [7, 11) is 1.49. The van der Waals surface area contributed by atoms with Crippen molar-refractivity contribution in [1.82, 2.24) is 0 Å². The van der Waals surface area contributed by atoms with Gasteiger partial charge in [0.15, 0.2) is 11.6 Å². The van der Waals surface area contributed by atoms with Gasteiger partial charge in [-0.1, -0.05) is 22.0 Å². The lowest BCUT2D eigenvalue weighted by atomic mass is 9.98. The number of alkyl halides is 1. The van der Waals surface area contributed by atoms with Crippen molar-refractivity contribution in [3.8, 4) is 5.75 Å². The van der Waals surface area contributed by atoms with Gasteiger partial charge in [-0.3, -0.25) is 0 Å². The molecular weight excluding hydrogens is 271 g/mol. The zero-order chi connectivity index (χ0) is 11.5. The molecule has 0 heterocycles. The maximum atomic E-state index is 13.5. The van der Waals surface area contributed by atoms with Gasteiger partial charge in [0.1, 0.15) is 0 Å². The highest BCUT2D eigenvalue weighted by Crippen LogP contribution is 2.33. The first-order chi connectivity index (χ1) is 7.69. The monoisotopic (exact) mass is 286 g/mol. The SMILES string of the molecule is COc1ccc(CC2CCC(Br)C2)cc1F. The van der Waals surface area contributed by atoms with E-state index in [4.69, 9.17) is 4.74 Å². The van der Waals surface area contributed by atoms with Crippen molar-refractivity contribution >= 4 is 15.9 Å². The largest absolute Gasteiger partial charge is 0.494 e. The standard InChI is InChI=1S/C13H16BrFO/c1-16-13-5-3-10(8-12(13)15)6-9-2-4-11(14)7-9/h3,5,8-9,11H,2,4,6-7H2,1H3. The molecule has 0 spiro atoms. The van der Waals surface area contributed by atoms with Gasteiger partial charge in [-0.2, -0.15) is 0 Å². The maximum absolute atomic E-state index is 13.5. The Morgan fingerprint density at radius 2 is 2.25 bits per heavy atom. The van der Waals surface area contributed by atoms with Gasteiger partial charge >= 0.3 is 0 Å². The highest BCUT2D eigenvalue weighted by molar-refractivity contribution is 9.09. The van der Waals surface area contributed by atoms with E-state index in [0.29, 0.717) is 16.5 Å². The van der Waals surface area contributed by atoms with Crippen LogP contribution in [0.3, 0.4) is 0 Å². The van der Waals surface area contributed by atoms with E-state index < -0.39 is 0 Å². The zero-order valence-corrected chi connectivity index (χ0v) is 11.0. The molecule has 0 saturated heterocycles. The van der Waals surface area contributed by atoms with E-state index in [1.165, 1.54) is 26.4 Å². The normalized spacial score (nSPS) is 24.7. The van der Waals surface area contributed by atoms with Crippen LogP contribution in [0.1, 0.15) is 24.8 Å². The second kappa shape index (κ2) is 5.17. The molecule has 1 nitrogen and oxygen atoms in total. The molecule has 1 saturated carbocycles. The molecule has 1 aromatic rings. The fourth-order valence-electron chi connectivity index (χ4n) is 2.37. The Balaban J connectivity index is 2.02. The van der Waals surface area contributed by atoms with Gasteiger partial charge < -0.3 is 4.74 Å². The number of hydrogen-bond donors (Lipinski definition) is 0. The molecule has 0 bridgehead atoms. The molecule has 2 unspecified atom stereocenters. The van der Waals surface area contributed by atoms with Crippen LogP contribution in [-0.2, 0) is 6.42 Å². The van der Waals surface area contributed by atoms with Crippen molar-refractivity contribution in [3.05, 3.63) is 29.6 Å². The molecule has 0 N–H and O–H groups in total. The second-order valence-electron chi connectivity index (χ2n) is 4.45. The van der Waals surface area contributed by atoms with E-state index >= 15 is 0 Å². The van der Waals surface area contributed by atoms with Crippen molar-refractivity contribution in [3.63, 3.8) is 0 Å². The molecule has 88 valence electrons. The van der Waals surface area contributed by atoms with Crippen molar-refractivity contribution in [1.29, 1.82) is 0 Å². The molecule has 0 radical (unpaired) electrons. The predicted octanol–water partition coefficient (Wildman–Crippen LogP) is 3.94. The molecule has 2 rings (SSSR count). The third kappa shape index (κ3) is 2.76. The lowest BCUT2D eigenvalue weighted by Crippen LogP contribution is -2.01. The average molecular weight is 287 g/mol. The van der Waals surface area contributed by atoms with E-state index in [9.17, 15) is 4.39 Å². The molecule has 1 aromatic carbocycles. The van der Waals surface area contributed by atoms with Crippen LogP contribution in [0.2, 0.25) is 0 Å². The van der Waals surface area contributed by atoms with Crippen molar-refractivity contribution < 1.29 is 9.13 Å². The number of methoxy groups -OCH3 is 1. The first kappa shape index (κ1) is 11.9. The Kier molecular flexibility index (Phi) is 3.85. The van der Waals surface area contributed by atoms with Gasteiger partial charge in [0.2, 0.25) is 0 Å². The highest BCUT2D eigenvalue weighted by Gasteiger charge is 2.22. The van der Waals surface area contributed by atoms with Gasteiger partial charge in [0.25, 0.3) is 0 Å². The van der Waals surface area contributed by atoms with Gasteiger partial charge in [0.05, 0.1) is 7.11 Å². The number of ether oxygens (including phenoxy) is 1. The second-order valence-corrected chi connectivity index (χ2v) is 5.74. The molecule has 1 fully saturated rings. The smallest absolute Gasteiger partial charge is 0.165 e. The lowest BCUT2D eigenvalue weighted by molar-refractivity contribution is 0.386. The summed E-state index contributed by atoms with van der Waals surface area (Å²) in [5, 5.41) is 0. The van der Waals surface area contributed by atoms with Crippen LogP contribution in [0.5, 0.6) is 5.75 Å². The fraction of sp³-hybridized carbons (Fsp3) is 0.538. The number of halogens is 2. The van der Waals surface area contributed by atoms with E-state index in [-0.39, 0.29) is 5.82 Å². The molecule has 0 amide bonds. The van der Waals surface area contributed by atoms with Crippen LogP contribution < -0.4 is 4.74 Å². The Hall–Kier alpha value is -0.570. The molecule has 16 heavy (non-hydrogen) atoms. The van der Waals surface area contributed by atoms with E-state index in [1.54, 1.807) is 12.1 Å². The van der Waals surface area contributed by atoms with Crippen molar-refractivity contribution in [2.24, 2.45) is 5.92 Å². The van der Waals surface area contributed by atoms with Crippen LogP contribution in [0.15, 0.2) is 18.2 Å². The molecule has 2 atom stereocenters. The van der Waals surface area contributed by atoms with Gasteiger partial charge in [0, 0.05) is 4.83 Å². The Labute approximate surface area is 104 Å². The number of rotatable bonds is 3. The van der Waals surface area contributed by atoms with Crippen LogP contribution in [0.25, 0.3) is 0 Å². The van der Waals surface area contributed by atoms with Crippen molar-refractivity contribution in [2.45, 2.75) is 30.5 Å². The molecular formula is C13H16BrFO. The Morgan fingerprint density at radius 1 is 1.44 bits per heavy atom.